The quantitative estimate of drug-likeness (QED) is 0.871. The van der Waals surface area contributed by atoms with Gasteiger partial charge in [0.2, 0.25) is 5.91 Å². The van der Waals surface area contributed by atoms with Crippen LogP contribution in [0.3, 0.4) is 0 Å². The smallest absolute Gasteiger partial charge is 0.251 e. The zero-order valence-corrected chi connectivity index (χ0v) is 15.4. The number of carbonyl (C=O) groups is 2. The van der Waals surface area contributed by atoms with Crippen LogP contribution >= 0.6 is 0 Å². The number of nitrogens with zero attached hydrogens (tertiary/aromatic N) is 2. The molecule has 0 atom stereocenters. The van der Waals surface area contributed by atoms with E-state index in [1.807, 2.05) is 44.4 Å². The van der Waals surface area contributed by atoms with Gasteiger partial charge in [0.25, 0.3) is 5.91 Å². The summed E-state index contributed by atoms with van der Waals surface area (Å²) >= 11 is 0. The lowest BCUT2D eigenvalue weighted by Crippen LogP contribution is -2.25. The summed E-state index contributed by atoms with van der Waals surface area (Å²) in [6.45, 7) is 2.09. The molecule has 5 nitrogen and oxygen atoms in total. The summed E-state index contributed by atoms with van der Waals surface area (Å²) < 4.78 is 0. The molecule has 0 bridgehead atoms. The van der Waals surface area contributed by atoms with Crippen molar-refractivity contribution in [2.24, 2.45) is 0 Å². The van der Waals surface area contributed by atoms with Gasteiger partial charge in [0.1, 0.15) is 0 Å². The molecule has 1 N–H and O–H groups in total. The fraction of sp³-hybridized carbons (Fsp3) is 0.333. The molecule has 0 aliphatic carbocycles. The molecule has 1 aliphatic rings. The Morgan fingerprint density at radius 2 is 1.77 bits per heavy atom. The van der Waals surface area contributed by atoms with E-state index >= 15 is 0 Å². The molecule has 136 valence electrons. The first-order chi connectivity index (χ1) is 12.5. The third-order valence-corrected chi connectivity index (χ3v) is 4.56. The van der Waals surface area contributed by atoms with Gasteiger partial charge >= 0.3 is 0 Å². The highest BCUT2D eigenvalue weighted by Gasteiger charge is 2.21. The van der Waals surface area contributed by atoms with Crippen LogP contribution in [0.4, 0.5) is 5.69 Å². The van der Waals surface area contributed by atoms with Gasteiger partial charge in [-0.05, 0) is 55.9 Å². The minimum absolute atomic E-state index is 0.107. The SMILES string of the molecule is CN(C)Cc1ccccc1CNC(=O)c1ccc(N2CCCC2=O)cc1. The van der Waals surface area contributed by atoms with Crippen LogP contribution in [-0.2, 0) is 17.9 Å². The number of nitrogens with one attached hydrogen (secondary N) is 1. The number of hydrogen-bond donors (Lipinski definition) is 1. The monoisotopic (exact) mass is 351 g/mol. The van der Waals surface area contributed by atoms with Crippen LogP contribution < -0.4 is 10.2 Å². The Balaban J connectivity index is 1.63. The summed E-state index contributed by atoms with van der Waals surface area (Å²) in [5, 5.41) is 2.99. The molecule has 0 unspecified atom stereocenters. The third-order valence-electron chi connectivity index (χ3n) is 4.56. The van der Waals surface area contributed by atoms with E-state index in [0.29, 0.717) is 18.5 Å². The van der Waals surface area contributed by atoms with E-state index in [1.165, 1.54) is 5.56 Å². The lowest BCUT2D eigenvalue weighted by molar-refractivity contribution is -0.117. The number of benzene rings is 2. The second-order valence-corrected chi connectivity index (χ2v) is 6.88. The van der Waals surface area contributed by atoms with Gasteiger partial charge in [-0.15, -0.1) is 0 Å². The van der Waals surface area contributed by atoms with Crippen LogP contribution in [0.1, 0.15) is 34.3 Å². The predicted molar refractivity (Wildman–Crippen MR) is 103 cm³/mol. The van der Waals surface area contributed by atoms with Crippen LogP contribution in [0, 0.1) is 0 Å². The Labute approximate surface area is 154 Å². The van der Waals surface area contributed by atoms with Crippen molar-refractivity contribution in [3.8, 4) is 0 Å². The van der Waals surface area contributed by atoms with Crippen molar-refractivity contribution < 1.29 is 9.59 Å². The highest BCUT2D eigenvalue weighted by molar-refractivity contribution is 5.97. The first-order valence-corrected chi connectivity index (χ1v) is 8.95. The van der Waals surface area contributed by atoms with E-state index in [0.717, 1.165) is 30.8 Å². The maximum atomic E-state index is 12.4. The highest BCUT2D eigenvalue weighted by Crippen LogP contribution is 2.21. The molecule has 1 fully saturated rings. The molecule has 26 heavy (non-hydrogen) atoms. The molecule has 5 heteroatoms. The molecule has 1 saturated heterocycles. The summed E-state index contributed by atoms with van der Waals surface area (Å²) in [6.07, 6.45) is 1.50. The van der Waals surface area contributed by atoms with Crippen LogP contribution in [0.5, 0.6) is 0 Å². The van der Waals surface area contributed by atoms with Crippen molar-refractivity contribution >= 4 is 17.5 Å². The standard InChI is InChI=1S/C21H25N3O2/c1-23(2)15-18-7-4-3-6-17(18)14-22-21(26)16-9-11-19(12-10-16)24-13-5-8-20(24)25/h3-4,6-7,9-12H,5,8,13-15H2,1-2H3,(H,22,26). The van der Waals surface area contributed by atoms with Gasteiger partial charge in [-0.1, -0.05) is 24.3 Å². The molecule has 2 aromatic carbocycles. The number of anilines is 1. The van der Waals surface area contributed by atoms with Gasteiger partial charge < -0.3 is 15.1 Å². The second-order valence-electron chi connectivity index (χ2n) is 6.88. The fourth-order valence-electron chi connectivity index (χ4n) is 3.22. The third kappa shape index (κ3) is 4.29. The van der Waals surface area contributed by atoms with Crippen LogP contribution in [0.15, 0.2) is 48.5 Å². The Bertz CT molecular complexity index is 784. The molecular formula is C21H25N3O2. The van der Waals surface area contributed by atoms with Gasteiger partial charge in [0, 0.05) is 37.3 Å². The van der Waals surface area contributed by atoms with Crippen LogP contribution in [0.25, 0.3) is 0 Å². The molecule has 2 aromatic rings. The van der Waals surface area contributed by atoms with Crippen LogP contribution in [0.2, 0.25) is 0 Å². The average molecular weight is 351 g/mol. The second kappa shape index (κ2) is 8.15. The van der Waals surface area contributed by atoms with Gasteiger partial charge in [-0.2, -0.15) is 0 Å². The Kier molecular flexibility index (Phi) is 5.68. The fourth-order valence-corrected chi connectivity index (χ4v) is 3.22. The van der Waals surface area contributed by atoms with Gasteiger partial charge in [0.15, 0.2) is 0 Å². The van der Waals surface area contributed by atoms with Gasteiger partial charge in [0.05, 0.1) is 0 Å². The van der Waals surface area contributed by atoms with Gasteiger partial charge in [-0.3, -0.25) is 9.59 Å². The topological polar surface area (TPSA) is 52.7 Å². The maximum absolute atomic E-state index is 12.4. The average Bonchev–Trinajstić information content (AvgIpc) is 3.06. The summed E-state index contributed by atoms with van der Waals surface area (Å²) in [5.41, 5.74) is 3.79. The van der Waals surface area contributed by atoms with E-state index < -0.39 is 0 Å². The van der Waals surface area contributed by atoms with E-state index in [9.17, 15) is 9.59 Å². The molecule has 0 radical (unpaired) electrons. The van der Waals surface area contributed by atoms with Crippen molar-refractivity contribution in [1.82, 2.24) is 10.2 Å². The first kappa shape index (κ1) is 18.1. The lowest BCUT2D eigenvalue weighted by Gasteiger charge is -2.16. The van der Waals surface area contributed by atoms with E-state index in [1.54, 1.807) is 17.0 Å². The molecular weight excluding hydrogens is 326 g/mol. The minimum Gasteiger partial charge on any atom is -0.348 e. The predicted octanol–water partition coefficient (Wildman–Crippen LogP) is 2.81. The van der Waals surface area contributed by atoms with E-state index in [-0.39, 0.29) is 11.8 Å². The molecule has 3 rings (SSSR count). The van der Waals surface area contributed by atoms with Crippen molar-refractivity contribution in [2.45, 2.75) is 25.9 Å². The van der Waals surface area contributed by atoms with Gasteiger partial charge in [-0.25, -0.2) is 0 Å². The Morgan fingerprint density at radius 1 is 1.08 bits per heavy atom. The lowest BCUT2D eigenvalue weighted by atomic mass is 10.1. The zero-order chi connectivity index (χ0) is 18.5. The molecule has 2 amide bonds. The number of rotatable bonds is 6. The first-order valence-electron chi connectivity index (χ1n) is 8.95. The zero-order valence-electron chi connectivity index (χ0n) is 15.4. The summed E-state index contributed by atoms with van der Waals surface area (Å²) in [7, 11) is 4.06. The van der Waals surface area contributed by atoms with Crippen molar-refractivity contribution in [3.63, 3.8) is 0 Å². The molecule has 0 aromatic heterocycles. The van der Waals surface area contributed by atoms with Crippen LogP contribution in [-0.4, -0.2) is 37.4 Å². The number of carbonyl (C=O) groups excluding carboxylic acids is 2. The summed E-state index contributed by atoms with van der Waals surface area (Å²) in [5.74, 6) is 0.0451. The molecule has 0 saturated carbocycles. The molecule has 1 aliphatic heterocycles. The largest absolute Gasteiger partial charge is 0.348 e. The number of hydrogen-bond acceptors (Lipinski definition) is 3. The maximum Gasteiger partial charge on any atom is 0.251 e. The Morgan fingerprint density at radius 3 is 2.38 bits per heavy atom. The number of amides is 2. The summed E-state index contributed by atoms with van der Waals surface area (Å²) in [4.78, 5) is 28.1. The minimum atomic E-state index is -0.107. The highest BCUT2D eigenvalue weighted by atomic mass is 16.2. The van der Waals surface area contributed by atoms with E-state index in [4.69, 9.17) is 0 Å². The summed E-state index contributed by atoms with van der Waals surface area (Å²) in [6, 6.07) is 15.4. The van der Waals surface area contributed by atoms with Crippen molar-refractivity contribution in [2.75, 3.05) is 25.5 Å². The van der Waals surface area contributed by atoms with Crippen molar-refractivity contribution in [1.29, 1.82) is 0 Å². The van der Waals surface area contributed by atoms with Crippen molar-refractivity contribution in [3.05, 3.63) is 65.2 Å². The normalized spacial score (nSPS) is 14.1. The van der Waals surface area contributed by atoms with E-state index in [2.05, 4.69) is 16.3 Å². The molecule has 1 heterocycles. The Hall–Kier alpha value is -2.66. The molecule has 0 spiro atoms.